The van der Waals surface area contributed by atoms with Crippen LogP contribution in [0.3, 0.4) is 0 Å². The summed E-state index contributed by atoms with van der Waals surface area (Å²) in [5, 5.41) is 18.1. The Hall–Kier alpha value is -1.40. The highest BCUT2D eigenvalue weighted by Crippen LogP contribution is 2.23. The monoisotopic (exact) mass is 193 g/mol. The smallest absolute Gasteiger partial charge is 0.123 e. The molecule has 0 amide bonds. The highest BCUT2D eigenvalue weighted by molar-refractivity contribution is 5.40. The molecule has 3 heteroatoms. The van der Waals surface area contributed by atoms with Crippen molar-refractivity contribution in [2.24, 2.45) is 0 Å². The van der Waals surface area contributed by atoms with Crippen LogP contribution in [0.25, 0.3) is 0 Å². The molecule has 0 unspecified atom stereocenters. The van der Waals surface area contributed by atoms with Gasteiger partial charge in [-0.25, -0.2) is 4.39 Å². The maximum Gasteiger partial charge on any atom is 0.123 e. The van der Waals surface area contributed by atoms with Crippen LogP contribution >= 0.6 is 0 Å². The van der Waals surface area contributed by atoms with Gasteiger partial charge in [0.2, 0.25) is 0 Å². The van der Waals surface area contributed by atoms with Gasteiger partial charge in [0.25, 0.3) is 0 Å². The summed E-state index contributed by atoms with van der Waals surface area (Å²) in [5.41, 5.74) is 0.974. The minimum atomic E-state index is -0.594. The molecule has 0 radical (unpaired) electrons. The molecule has 0 fully saturated rings. The van der Waals surface area contributed by atoms with Crippen LogP contribution in [-0.4, -0.2) is 11.2 Å². The van der Waals surface area contributed by atoms with Crippen molar-refractivity contribution in [1.29, 1.82) is 5.26 Å². The Balaban J connectivity index is 3.18. The Morgan fingerprint density at radius 2 is 2.07 bits per heavy atom. The van der Waals surface area contributed by atoms with Crippen molar-refractivity contribution in [3.8, 4) is 6.07 Å². The van der Waals surface area contributed by atoms with Crippen LogP contribution in [0.2, 0.25) is 0 Å². The number of halogens is 1. The molecule has 0 aromatic heterocycles. The van der Waals surface area contributed by atoms with Gasteiger partial charge in [0, 0.05) is 5.92 Å². The molecule has 1 aromatic rings. The van der Waals surface area contributed by atoms with E-state index in [1.165, 1.54) is 18.2 Å². The molecule has 2 atom stereocenters. The second-order valence-corrected chi connectivity index (χ2v) is 3.37. The van der Waals surface area contributed by atoms with Crippen molar-refractivity contribution in [3.63, 3.8) is 0 Å². The molecular formula is C11H12FNO. The first-order valence-corrected chi connectivity index (χ1v) is 4.44. The van der Waals surface area contributed by atoms with Gasteiger partial charge in [0.1, 0.15) is 5.82 Å². The van der Waals surface area contributed by atoms with Crippen LogP contribution in [0.5, 0.6) is 0 Å². The highest BCUT2D eigenvalue weighted by atomic mass is 19.1. The minimum Gasteiger partial charge on any atom is -0.393 e. The van der Waals surface area contributed by atoms with Gasteiger partial charge in [0.15, 0.2) is 0 Å². The summed E-state index contributed by atoms with van der Waals surface area (Å²) in [5.74, 6) is -0.619. The second-order valence-electron chi connectivity index (χ2n) is 3.37. The maximum absolute atomic E-state index is 12.9. The van der Waals surface area contributed by atoms with E-state index in [0.29, 0.717) is 11.1 Å². The third-order valence-corrected chi connectivity index (χ3v) is 2.35. The molecule has 2 nitrogen and oxygen atoms in total. The third kappa shape index (κ3) is 2.09. The molecule has 0 aliphatic rings. The lowest BCUT2D eigenvalue weighted by atomic mass is 9.92. The molecule has 0 aliphatic carbocycles. The summed E-state index contributed by atoms with van der Waals surface area (Å²) in [6, 6.07) is 5.96. The first-order chi connectivity index (χ1) is 6.56. The Kier molecular flexibility index (Phi) is 3.21. The van der Waals surface area contributed by atoms with E-state index in [1.54, 1.807) is 13.8 Å². The van der Waals surface area contributed by atoms with Crippen molar-refractivity contribution in [1.82, 2.24) is 0 Å². The fourth-order valence-electron chi connectivity index (χ4n) is 1.27. The molecule has 1 aromatic carbocycles. The summed E-state index contributed by atoms with van der Waals surface area (Å²) in [6.45, 7) is 3.39. The Labute approximate surface area is 82.6 Å². The van der Waals surface area contributed by atoms with Crippen LogP contribution in [0.15, 0.2) is 18.2 Å². The number of nitriles is 1. The fraction of sp³-hybridized carbons (Fsp3) is 0.364. The molecule has 1 N–H and O–H groups in total. The summed E-state index contributed by atoms with van der Waals surface area (Å²) in [7, 11) is 0. The number of hydrogen-bond donors (Lipinski definition) is 1. The number of benzene rings is 1. The van der Waals surface area contributed by atoms with Crippen LogP contribution in [0, 0.1) is 17.1 Å². The van der Waals surface area contributed by atoms with E-state index in [-0.39, 0.29) is 11.7 Å². The summed E-state index contributed by atoms with van der Waals surface area (Å²) in [4.78, 5) is 0. The molecule has 14 heavy (non-hydrogen) atoms. The Morgan fingerprint density at radius 3 is 2.57 bits per heavy atom. The third-order valence-electron chi connectivity index (χ3n) is 2.35. The number of nitrogens with zero attached hydrogens (tertiary/aromatic N) is 1. The van der Waals surface area contributed by atoms with Crippen molar-refractivity contribution in [2.75, 3.05) is 0 Å². The summed E-state index contributed by atoms with van der Waals surface area (Å²) >= 11 is 0. The van der Waals surface area contributed by atoms with Gasteiger partial charge in [0.05, 0.1) is 17.7 Å². The second kappa shape index (κ2) is 4.21. The van der Waals surface area contributed by atoms with Crippen molar-refractivity contribution < 1.29 is 9.50 Å². The van der Waals surface area contributed by atoms with E-state index in [9.17, 15) is 9.50 Å². The zero-order chi connectivity index (χ0) is 10.7. The SMILES string of the molecule is C[C@H](O)[C@@H](C)c1cc(F)ccc1C#N. The average Bonchev–Trinajstić information content (AvgIpc) is 2.16. The van der Waals surface area contributed by atoms with Gasteiger partial charge < -0.3 is 5.11 Å². The minimum absolute atomic E-state index is 0.236. The molecular weight excluding hydrogens is 181 g/mol. The van der Waals surface area contributed by atoms with E-state index in [1.807, 2.05) is 6.07 Å². The van der Waals surface area contributed by atoms with Crippen LogP contribution in [0.1, 0.15) is 30.9 Å². The van der Waals surface area contributed by atoms with Gasteiger partial charge in [-0.15, -0.1) is 0 Å². The van der Waals surface area contributed by atoms with Gasteiger partial charge in [-0.05, 0) is 30.7 Å². The largest absolute Gasteiger partial charge is 0.393 e. The van der Waals surface area contributed by atoms with Crippen molar-refractivity contribution in [3.05, 3.63) is 35.1 Å². The molecule has 0 saturated carbocycles. The van der Waals surface area contributed by atoms with Gasteiger partial charge in [-0.3, -0.25) is 0 Å². The normalized spacial score (nSPS) is 14.5. The predicted molar refractivity (Wildman–Crippen MR) is 51.2 cm³/mol. The molecule has 0 heterocycles. The number of rotatable bonds is 2. The molecule has 1 rings (SSSR count). The summed E-state index contributed by atoms with van der Waals surface area (Å²) in [6.07, 6.45) is -0.594. The van der Waals surface area contributed by atoms with Crippen molar-refractivity contribution >= 4 is 0 Å². The zero-order valence-corrected chi connectivity index (χ0v) is 8.16. The first-order valence-electron chi connectivity index (χ1n) is 4.44. The average molecular weight is 193 g/mol. The van der Waals surface area contributed by atoms with Gasteiger partial charge >= 0.3 is 0 Å². The van der Waals surface area contributed by atoms with Crippen LogP contribution in [0.4, 0.5) is 4.39 Å². The van der Waals surface area contributed by atoms with E-state index < -0.39 is 6.10 Å². The standard InChI is InChI=1S/C11H12FNO/c1-7(8(2)14)11-5-10(12)4-3-9(11)6-13/h3-5,7-8,14H,1-2H3/t7-,8+/m1/s1. The van der Waals surface area contributed by atoms with E-state index in [4.69, 9.17) is 5.26 Å². The Bertz CT molecular complexity index is 368. The zero-order valence-electron chi connectivity index (χ0n) is 8.16. The lowest BCUT2D eigenvalue weighted by molar-refractivity contribution is 0.169. The lowest BCUT2D eigenvalue weighted by Crippen LogP contribution is -2.12. The number of aliphatic hydroxyl groups excluding tert-OH is 1. The van der Waals surface area contributed by atoms with Gasteiger partial charge in [-0.2, -0.15) is 5.26 Å². The topological polar surface area (TPSA) is 44.0 Å². The van der Waals surface area contributed by atoms with Crippen LogP contribution < -0.4 is 0 Å². The van der Waals surface area contributed by atoms with Crippen LogP contribution in [-0.2, 0) is 0 Å². The van der Waals surface area contributed by atoms with Crippen molar-refractivity contribution in [2.45, 2.75) is 25.9 Å². The summed E-state index contributed by atoms with van der Waals surface area (Å²) < 4.78 is 12.9. The fourth-order valence-corrected chi connectivity index (χ4v) is 1.27. The molecule has 0 saturated heterocycles. The molecule has 0 spiro atoms. The molecule has 74 valence electrons. The van der Waals surface area contributed by atoms with E-state index in [0.717, 1.165) is 0 Å². The quantitative estimate of drug-likeness (QED) is 0.782. The highest BCUT2D eigenvalue weighted by Gasteiger charge is 2.15. The predicted octanol–water partition coefficient (Wildman–Crippen LogP) is 2.18. The van der Waals surface area contributed by atoms with Gasteiger partial charge in [-0.1, -0.05) is 6.92 Å². The van der Waals surface area contributed by atoms with E-state index >= 15 is 0 Å². The molecule has 0 bridgehead atoms. The lowest BCUT2D eigenvalue weighted by Gasteiger charge is -2.16. The molecule has 0 aliphatic heterocycles. The first kappa shape index (κ1) is 10.7. The Morgan fingerprint density at radius 1 is 1.43 bits per heavy atom. The number of hydrogen-bond acceptors (Lipinski definition) is 2. The maximum atomic E-state index is 12.9. The number of aliphatic hydroxyl groups is 1. The van der Waals surface area contributed by atoms with E-state index in [2.05, 4.69) is 0 Å².